The normalized spacial score (nSPS) is 13.4. The number of halogens is 2. The van der Waals surface area contributed by atoms with Crippen molar-refractivity contribution < 1.29 is 27.8 Å². The van der Waals surface area contributed by atoms with E-state index in [1.54, 1.807) is 6.07 Å². The molecule has 192 valence electrons. The van der Waals surface area contributed by atoms with Gasteiger partial charge in [0.25, 0.3) is 0 Å². The average Bonchev–Trinajstić information content (AvgIpc) is 3.36. The van der Waals surface area contributed by atoms with Crippen molar-refractivity contribution in [2.75, 3.05) is 45.7 Å². The molecule has 0 atom stereocenters. The number of nitrogens with one attached hydrogen (secondary N) is 3. The van der Waals surface area contributed by atoms with Gasteiger partial charge in [0.05, 0.1) is 32.2 Å². The van der Waals surface area contributed by atoms with Crippen molar-refractivity contribution in [2.45, 2.75) is 19.4 Å². The SMILES string of the molecule is COc1cc(OC)c(F)c(COc2cnc(Nc3cc(CCC(=O)N4CCNCC4)[nH]n3)nc2)c1F. The molecule has 2 aromatic heterocycles. The van der Waals surface area contributed by atoms with Gasteiger partial charge >= 0.3 is 0 Å². The summed E-state index contributed by atoms with van der Waals surface area (Å²) in [4.78, 5) is 22.4. The van der Waals surface area contributed by atoms with Crippen LogP contribution in [0.25, 0.3) is 0 Å². The van der Waals surface area contributed by atoms with Crippen molar-refractivity contribution in [1.82, 2.24) is 30.4 Å². The number of rotatable bonds is 10. The molecule has 0 bridgehead atoms. The van der Waals surface area contributed by atoms with Crippen LogP contribution in [0.15, 0.2) is 24.5 Å². The van der Waals surface area contributed by atoms with Gasteiger partial charge in [0.15, 0.2) is 34.7 Å². The number of nitrogens with zero attached hydrogens (tertiary/aromatic N) is 4. The summed E-state index contributed by atoms with van der Waals surface area (Å²) < 4.78 is 44.3. The predicted molar refractivity (Wildman–Crippen MR) is 125 cm³/mol. The molecule has 3 heterocycles. The highest BCUT2D eigenvalue weighted by molar-refractivity contribution is 5.76. The summed E-state index contributed by atoms with van der Waals surface area (Å²) in [7, 11) is 2.55. The fourth-order valence-corrected chi connectivity index (χ4v) is 3.66. The van der Waals surface area contributed by atoms with Gasteiger partial charge in [0.1, 0.15) is 6.61 Å². The van der Waals surface area contributed by atoms with Crippen molar-refractivity contribution in [3.63, 3.8) is 0 Å². The molecule has 11 nitrogen and oxygen atoms in total. The molecule has 0 unspecified atom stereocenters. The largest absolute Gasteiger partial charge is 0.494 e. The molecule has 1 aromatic carbocycles. The number of piperazine rings is 1. The molecule has 1 fully saturated rings. The standard InChI is InChI=1S/C23H27F2N7O4/c1-34-17-10-18(35-2)22(25)16(21(17)24)13-36-15-11-27-23(28-12-15)29-19-9-14(30-31-19)3-4-20(33)32-7-5-26-6-8-32/h9-12,26H,3-8,13H2,1-2H3,(H2,27,28,29,30,31). The molecule has 0 radical (unpaired) electrons. The first-order chi connectivity index (χ1) is 17.5. The number of carbonyl (C=O) groups is 1. The van der Waals surface area contributed by atoms with Crippen molar-refractivity contribution in [3.8, 4) is 17.2 Å². The summed E-state index contributed by atoms with van der Waals surface area (Å²) in [5.41, 5.74) is 0.464. The maximum atomic E-state index is 14.5. The minimum absolute atomic E-state index is 0.117. The average molecular weight is 504 g/mol. The molecule has 3 N–H and O–H groups in total. The lowest BCUT2D eigenvalue weighted by molar-refractivity contribution is -0.131. The third-order valence-corrected chi connectivity index (χ3v) is 5.62. The number of amides is 1. The first-order valence-electron chi connectivity index (χ1n) is 11.3. The van der Waals surface area contributed by atoms with Crippen LogP contribution in [0.3, 0.4) is 0 Å². The number of anilines is 2. The van der Waals surface area contributed by atoms with Crippen LogP contribution in [-0.2, 0) is 17.8 Å². The minimum atomic E-state index is -0.876. The molecule has 1 aliphatic heterocycles. The Morgan fingerprint density at radius 3 is 2.39 bits per heavy atom. The Bertz CT molecular complexity index is 1160. The molecule has 36 heavy (non-hydrogen) atoms. The van der Waals surface area contributed by atoms with Gasteiger partial charge in [0.2, 0.25) is 11.9 Å². The lowest BCUT2D eigenvalue weighted by Crippen LogP contribution is -2.46. The van der Waals surface area contributed by atoms with Crippen LogP contribution in [0, 0.1) is 11.6 Å². The van der Waals surface area contributed by atoms with Crippen LogP contribution in [0.4, 0.5) is 20.5 Å². The second-order valence-electron chi connectivity index (χ2n) is 7.95. The molecule has 1 aliphatic rings. The number of hydrogen-bond acceptors (Lipinski definition) is 9. The number of benzene rings is 1. The Balaban J connectivity index is 1.31. The summed E-state index contributed by atoms with van der Waals surface area (Å²) in [6.45, 7) is 2.66. The van der Waals surface area contributed by atoms with Crippen molar-refractivity contribution >= 4 is 17.7 Å². The number of ether oxygens (including phenoxy) is 3. The van der Waals surface area contributed by atoms with Gasteiger partial charge in [-0.3, -0.25) is 9.89 Å². The number of methoxy groups -OCH3 is 2. The number of aromatic nitrogens is 4. The number of carbonyl (C=O) groups excluding carboxylic acids is 1. The molecule has 1 saturated heterocycles. The van der Waals surface area contributed by atoms with Gasteiger partial charge < -0.3 is 29.7 Å². The van der Waals surface area contributed by atoms with Crippen molar-refractivity contribution in [1.29, 1.82) is 0 Å². The fraction of sp³-hybridized carbons (Fsp3) is 0.391. The zero-order chi connectivity index (χ0) is 25.5. The lowest BCUT2D eigenvalue weighted by atomic mass is 10.1. The highest BCUT2D eigenvalue weighted by atomic mass is 19.1. The maximum absolute atomic E-state index is 14.5. The van der Waals surface area contributed by atoms with Gasteiger partial charge in [-0.25, -0.2) is 18.7 Å². The monoisotopic (exact) mass is 503 g/mol. The summed E-state index contributed by atoms with van der Waals surface area (Å²) in [6.07, 6.45) is 3.66. The van der Waals surface area contributed by atoms with E-state index in [0.29, 0.717) is 18.7 Å². The molecule has 4 rings (SSSR count). The lowest BCUT2D eigenvalue weighted by Gasteiger charge is -2.27. The van der Waals surface area contributed by atoms with Crippen molar-refractivity contribution in [2.24, 2.45) is 0 Å². The minimum Gasteiger partial charge on any atom is -0.494 e. The third-order valence-electron chi connectivity index (χ3n) is 5.62. The number of aromatic amines is 1. The number of hydrogen-bond donors (Lipinski definition) is 3. The Hall–Kier alpha value is -4.00. The van der Waals surface area contributed by atoms with Crippen LogP contribution in [0.2, 0.25) is 0 Å². The Kier molecular flexibility index (Phi) is 8.10. The maximum Gasteiger partial charge on any atom is 0.228 e. The summed E-state index contributed by atoms with van der Waals surface area (Å²) in [5.74, 6) is -1.01. The van der Waals surface area contributed by atoms with Crippen LogP contribution in [-0.4, -0.2) is 71.4 Å². The van der Waals surface area contributed by atoms with Crippen LogP contribution < -0.4 is 24.8 Å². The van der Waals surface area contributed by atoms with Crippen LogP contribution in [0.1, 0.15) is 17.7 Å². The van der Waals surface area contributed by atoms with E-state index in [2.05, 4.69) is 30.8 Å². The molecular formula is C23H27F2N7O4. The smallest absolute Gasteiger partial charge is 0.228 e. The first-order valence-corrected chi connectivity index (χ1v) is 11.3. The van der Waals surface area contributed by atoms with Gasteiger partial charge in [-0.2, -0.15) is 5.10 Å². The molecule has 1 amide bonds. The Morgan fingerprint density at radius 1 is 1.08 bits per heavy atom. The highest BCUT2D eigenvalue weighted by Crippen LogP contribution is 2.32. The van der Waals surface area contributed by atoms with E-state index < -0.39 is 18.2 Å². The molecule has 0 aliphatic carbocycles. The predicted octanol–water partition coefficient (Wildman–Crippen LogP) is 2.18. The molecular weight excluding hydrogens is 476 g/mol. The van der Waals surface area contributed by atoms with E-state index in [4.69, 9.17) is 14.2 Å². The van der Waals surface area contributed by atoms with Gasteiger partial charge in [-0.1, -0.05) is 0 Å². The Labute approximate surface area is 206 Å². The second kappa shape index (κ2) is 11.6. The second-order valence-corrected chi connectivity index (χ2v) is 7.95. The van der Waals surface area contributed by atoms with E-state index in [9.17, 15) is 13.6 Å². The topological polar surface area (TPSA) is 127 Å². The fourth-order valence-electron chi connectivity index (χ4n) is 3.66. The Morgan fingerprint density at radius 2 is 1.75 bits per heavy atom. The molecule has 0 saturated carbocycles. The zero-order valence-electron chi connectivity index (χ0n) is 19.9. The summed E-state index contributed by atoms with van der Waals surface area (Å²) >= 11 is 0. The van der Waals surface area contributed by atoms with Crippen LogP contribution in [0.5, 0.6) is 17.2 Å². The third kappa shape index (κ3) is 5.97. The van der Waals surface area contributed by atoms with E-state index in [0.717, 1.165) is 37.9 Å². The summed E-state index contributed by atoms with van der Waals surface area (Å²) in [6, 6.07) is 2.91. The first kappa shape index (κ1) is 25.1. The van der Waals surface area contributed by atoms with Gasteiger partial charge in [-0.15, -0.1) is 0 Å². The quantitative estimate of drug-likeness (QED) is 0.382. The van der Waals surface area contributed by atoms with Crippen molar-refractivity contribution in [3.05, 3.63) is 47.4 Å². The van der Waals surface area contributed by atoms with E-state index in [-0.39, 0.29) is 34.7 Å². The van der Waals surface area contributed by atoms with Crippen LogP contribution >= 0.6 is 0 Å². The number of H-pyrrole nitrogens is 1. The molecule has 0 spiro atoms. The van der Waals surface area contributed by atoms with Gasteiger partial charge in [0, 0.05) is 50.4 Å². The number of aryl methyl sites for hydroxylation is 1. The van der Waals surface area contributed by atoms with E-state index in [1.807, 2.05) is 4.90 Å². The molecule has 13 heteroatoms. The highest BCUT2D eigenvalue weighted by Gasteiger charge is 2.21. The molecule has 3 aromatic rings. The van der Waals surface area contributed by atoms with Gasteiger partial charge in [-0.05, 0) is 6.42 Å². The zero-order valence-corrected chi connectivity index (χ0v) is 19.9. The van der Waals surface area contributed by atoms with E-state index >= 15 is 0 Å². The van der Waals surface area contributed by atoms with E-state index in [1.165, 1.54) is 26.6 Å². The summed E-state index contributed by atoms with van der Waals surface area (Å²) in [5, 5.41) is 13.2.